The summed E-state index contributed by atoms with van der Waals surface area (Å²) in [6.07, 6.45) is 2.23. The lowest BCUT2D eigenvalue weighted by Gasteiger charge is -2.24. The van der Waals surface area contributed by atoms with Crippen LogP contribution in [0, 0.1) is 0 Å². The maximum atomic E-state index is 5.80. The van der Waals surface area contributed by atoms with E-state index in [4.69, 9.17) is 10.5 Å². The molecule has 0 unspecified atom stereocenters. The second-order valence-corrected chi connectivity index (χ2v) is 4.01. The van der Waals surface area contributed by atoms with Crippen LogP contribution in [-0.4, -0.2) is 24.7 Å². The summed E-state index contributed by atoms with van der Waals surface area (Å²) in [6.45, 7) is 13.0. The highest BCUT2D eigenvalue weighted by Gasteiger charge is 2.08. The van der Waals surface area contributed by atoms with Gasteiger partial charge < -0.3 is 15.4 Å². The number of nitrogen functional groups attached to an aromatic ring is 1. The lowest BCUT2D eigenvalue weighted by atomic mass is 10.3. The van der Waals surface area contributed by atoms with E-state index in [1.165, 1.54) is 0 Å². The van der Waals surface area contributed by atoms with Crippen molar-refractivity contribution in [3.8, 4) is 5.88 Å². The minimum atomic E-state index is 0. The number of nitrogens with zero attached hydrogens (tertiary/aromatic N) is 2. The molecule has 112 valence electrons. The Labute approximate surface area is 119 Å². The zero-order valence-corrected chi connectivity index (χ0v) is 13.1. The SMILES string of the molecule is CC.CCCN(CCC)c1cc(N)nc(OCC)c1.[HH]. The van der Waals surface area contributed by atoms with Crippen LogP contribution in [0.15, 0.2) is 12.1 Å². The first kappa shape index (κ1) is 17.6. The van der Waals surface area contributed by atoms with Crippen LogP contribution >= 0.6 is 0 Å². The minimum Gasteiger partial charge on any atom is -0.478 e. The Kier molecular flexibility index (Phi) is 9.67. The van der Waals surface area contributed by atoms with Crippen LogP contribution < -0.4 is 15.4 Å². The van der Waals surface area contributed by atoms with E-state index < -0.39 is 0 Å². The van der Waals surface area contributed by atoms with Crippen LogP contribution in [0.3, 0.4) is 0 Å². The van der Waals surface area contributed by atoms with Crippen LogP contribution in [0.25, 0.3) is 0 Å². The van der Waals surface area contributed by atoms with Gasteiger partial charge in [-0.15, -0.1) is 0 Å². The van der Waals surface area contributed by atoms with Gasteiger partial charge in [-0.1, -0.05) is 27.7 Å². The number of pyridine rings is 1. The largest absolute Gasteiger partial charge is 0.478 e. The van der Waals surface area contributed by atoms with Crippen LogP contribution in [0.2, 0.25) is 0 Å². The average molecular weight is 269 g/mol. The van der Waals surface area contributed by atoms with Gasteiger partial charge in [0.05, 0.1) is 6.61 Å². The third-order valence-corrected chi connectivity index (χ3v) is 2.45. The zero-order chi connectivity index (χ0) is 14.7. The molecule has 1 aromatic heterocycles. The zero-order valence-electron chi connectivity index (χ0n) is 13.1. The van der Waals surface area contributed by atoms with Crippen LogP contribution in [-0.2, 0) is 0 Å². The van der Waals surface area contributed by atoms with Gasteiger partial charge in [-0.05, 0) is 19.8 Å². The van der Waals surface area contributed by atoms with E-state index in [1.807, 2.05) is 32.9 Å². The van der Waals surface area contributed by atoms with Gasteiger partial charge in [0.1, 0.15) is 5.82 Å². The van der Waals surface area contributed by atoms with Crippen molar-refractivity contribution in [3.05, 3.63) is 12.1 Å². The predicted octanol–water partition coefficient (Wildman–Crippen LogP) is 3.96. The van der Waals surface area contributed by atoms with Gasteiger partial charge in [-0.25, -0.2) is 0 Å². The molecule has 1 aromatic rings. The number of nitrogens with two attached hydrogens (primary N) is 1. The lowest BCUT2D eigenvalue weighted by Crippen LogP contribution is -2.25. The number of ether oxygens (including phenoxy) is 1. The van der Waals surface area contributed by atoms with Gasteiger partial charge in [0, 0.05) is 32.3 Å². The van der Waals surface area contributed by atoms with E-state index in [1.54, 1.807) is 0 Å². The molecule has 4 heteroatoms. The van der Waals surface area contributed by atoms with Gasteiger partial charge >= 0.3 is 0 Å². The van der Waals surface area contributed by atoms with Crippen molar-refractivity contribution >= 4 is 11.5 Å². The summed E-state index contributed by atoms with van der Waals surface area (Å²) < 4.78 is 5.42. The first-order chi connectivity index (χ1) is 9.21. The Hall–Kier alpha value is -1.45. The molecule has 0 spiro atoms. The van der Waals surface area contributed by atoms with Crippen LogP contribution in [0.1, 0.15) is 48.9 Å². The molecule has 4 nitrogen and oxygen atoms in total. The fraction of sp³-hybridized carbons (Fsp3) is 0.667. The molecular weight excluding hydrogens is 238 g/mol. The molecule has 0 aliphatic rings. The molecule has 0 aliphatic carbocycles. The predicted molar refractivity (Wildman–Crippen MR) is 86.1 cm³/mol. The van der Waals surface area contributed by atoms with Crippen molar-refractivity contribution in [2.75, 3.05) is 30.3 Å². The molecule has 0 saturated carbocycles. The van der Waals surface area contributed by atoms with Crippen LogP contribution in [0.4, 0.5) is 11.5 Å². The average Bonchev–Trinajstić information content (AvgIpc) is 2.40. The molecule has 0 aromatic carbocycles. The number of anilines is 2. The molecule has 0 fully saturated rings. The first-order valence-electron chi connectivity index (χ1n) is 7.36. The fourth-order valence-corrected chi connectivity index (χ4v) is 1.83. The summed E-state index contributed by atoms with van der Waals surface area (Å²) in [5, 5.41) is 0. The van der Waals surface area contributed by atoms with E-state index in [-0.39, 0.29) is 1.43 Å². The summed E-state index contributed by atoms with van der Waals surface area (Å²) in [7, 11) is 0. The van der Waals surface area contributed by atoms with Crippen molar-refractivity contribution in [2.45, 2.75) is 47.5 Å². The second-order valence-electron chi connectivity index (χ2n) is 4.01. The number of hydrogen-bond donors (Lipinski definition) is 1. The highest BCUT2D eigenvalue weighted by molar-refractivity contribution is 5.55. The Morgan fingerprint density at radius 1 is 1.16 bits per heavy atom. The Morgan fingerprint density at radius 2 is 1.74 bits per heavy atom. The molecule has 19 heavy (non-hydrogen) atoms. The van der Waals surface area contributed by atoms with E-state index in [2.05, 4.69) is 23.7 Å². The Bertz CT molecular complexity index is 342. The normalized spacial score (nSPS) is 9.53. The van der Waals surface area contributed by atoms with Crippen molar-refractivity contribution in [1.29, 1.82) is 0 Å². The van der Waals surface area contributed by atoms with Crippen molar-refractivity contribution in [1.82, 2.24) is 4.98 Å². The molecule has 0 aliphatic heterocycles. The quantitative estimate of drug-likeness (QED) is 0.814. The third-order valence-electron chi connectivity index (χ3n) is 2.45. The summed E-state index contributed by atoms with van der Waals surface area (Å²) in [4.78, 5) is 6.48. The number of rotatable bonds is 7. The Balaban J connectivity index is 0. The van der Waals surface area contributed by atoms with E-state index in [0.29, 0.717) is 18.3 Å². The summed E-state index contributed by atoms with van der Waals surface area (Å²) >= 11 is 0. The summed E-state index contributed by atoms with van der Waals surface area (Å²) in [6, 6.07) is 3.87. The molecule has 1 rings (SSSR count). The van der Waals surface area contributed by atoms with E-state index in [9.17, 15) is 0 Å². The molecule has 0 atom stereocenters. The molecule has 1 heterocycles. The topological polar surface area (TPSA) is 51.4 Å². The molecule has 0 saturated heterocycles. The summed E-state index contributed by atoms with van der Waals surface area (Å²) in [5.74, 6) is 1.13. The van der Waals surface area contributed by atoms with Crippen molar-refractivity contribution in [2.24, 2.45) is 0 Å². The lowest BCUT2D eigenvalue weighted by molar-refractivity contribution is 0.327. The number of aromatic nitrogens is 1. The van der Waals surface area contributed by atoms with Gasteiger partial charge in [0.15, 0.2) is 0 Å². The standard InChI is InChI=1S/C13H23N3O.C2H6.H2/c1-4-7-16(8-5-2)11-9-12(14)15-13(10-11)17-6-3;1-2;/h9-10H,4-8H2,1-3H3,(H2,14,15);1-2H3;1H. The van der Waals surface area contributed by atoms with E-state index >= 15 is 0 Å². The summed E-state index contributed by atoms with van der Waals surface area (Å²) in [5.41, 5.74) is 6.90. The molecule has 0 bridgehead atoms. The molecule has 2 N–H and O–H groups in total. The van der Waals surface area contributed by atoms with Gasteiger partial charge in [0.2, 0.25) is 5.88 Å². The third kappa shape index (κ3) is 6.32. The Morgan fingerprint density at radius 3 is 2.21 bits per heavy atom. The number of hydrogen-bond acceptors (Lipinski definition) is 4. The van der Waals surface area contributed by atoms with E-state index in [0.717, 1.165) is 31.6 Å². The van der Waals surface area contributed by atoms with Crippen molar-refractivity contribution in [3.63, 3.8) is 0 Å². The highest BCUT2D eigenvalue weighted by Crippen LogP contribution is 2.22. The van der Waals surface area contributed by atoms with Gasteiger partial charge in [-0.2, -0.15) is 4.98 Å². The van der Waals surface area contributed by atoms with Crippen LogP contribution in [0.5, 0.6) is 5.88 Å². The molecule has 0 amide bonds. The first-order valence-corrected chi connectivity index (χ1v) is 7.36. The smallest absolute Gasteiger partial charge is 0.217 e. The minimum absolute atomic E-state index is 0. The van der Waals surface area contributed by atoms with Crippen molar-refractivity contribution < 1.29 is 6.16 Å². The maximum absolute atomic E-state index is 5.80. The van der Waals surface area contributed by atoms with Gasteiger partial charge in [-0.3, -0.25) is 0 Å². The van der Waals surface area contributed by atoms with Gasteiger partial charge in [0.25, 0.3) is 0 Å². The second kappa shape index (κ2) is 10.5. The highest BCUT2D eigenvalue weighted by atomic mass is 16.5. The molecular formula is C15H31N3O. The molecule has 0 radical (unpaired) electrons. The monoisotopic (exact) mass is 269 g/mol. The fourth-order valence-electron chi connectivity index (χ4n) is 1.83. The maximum Gasteiger partial charge on any atom is 0.217 e.